The van der Waals surface area contributed by atoms with Gasteiger partial charge in [0, 0.05) is 51.2 Å². The molecule has 0 amide bonds. The predicted molar refractivity (Wildman–Crippen MR) is 107 cm³/mol. The van der Waals surface area contributed by atoms with E-state index in [1.54, 1.807) is 17.1 Å². The van der Waals surface area contributed by atoms with Gasteiger partial charge in [0.05, 0.1) is 30.0 Å². The molecule has 0 N–H and O–H groups in total. The molecule has 1 aliphatic heterocycles. The number of anilines is 1. The first-order chi connectivity index (χ1) is 13.8. The van der Waals surface area contributed by atoms with Crippen LogP contribution in [0.5, 0.6) is 0 Å². The fourth-order valence-electron chi connectivity index (χ4n) is 3.88. The van der Waals surface area contributed by atoms with Gasteiger partial charge in [0.1, 0.15) is 0 Å². The summed E-state index contributed by atoms with van der Waals surface area (Å²) in [5, 5.41) is 8.59. The van der Waals surface area contributed by atoms with Crippen molar-refractivity contribution >= 4 is 16.6 Å². The Balaban J connectivity index is 1.24. The number of fused-ring (bicyclic) bond motifs is 1. The zero-order valence-electron chi connectivity index (χ0n) is 15.9. The summed E-state index contributed by atoms with van der Waals surface area (Å²) in [6, 6.07) is 6.07. The summed E-state index contributed by atoms with van der Waals surface area (Å²) in [5.74, 6) is 0.664. The van der Waals surface area contributed by atoms with E-state index >= 15 is 0 Å². The van der Waals surface area contributed by atoms with Crippen molar-refractivity contribution in [3.05, 3.63) is 47.3 Å². The molecule has 0 radical (unpaired) electrons. The Labute approximate surface area is 163 Å². The average Bonchev–Trinajstić information content (AvgIpc) is 3.39. The van der Waals surface area contributed by atoms with E-state index < -0.39 is 0 Å². The van der Waals surface area contributed by atoms with Crippen LogP contribution in [-0.4, -0.2) is 62.2 Å². The highest BCUT2D eigenvalue weighted by Crippen LogP contribution is 2.30. The van der Waals surface area contributed by atoms with E-state index in [2.05, 4.69) is 37.2 Å². The molecule has 0 atom stereocenters. The zero-order chi connectivity index (χ0) is 18.9. The summed E-state index contributed by atoms with van der Waals surface area (Å²) >= 11 is 0. The molecule has 1 saturated carbocycles. The lowest BCUT2D eigenvalue weighted by Crippen LogP contribution is -2.47. The summed E-state index contributed by atoms with van der Waals surface area (Å²) < 4.78 is 3.64. The average molecular weight is 379 g/mol. The van der Waals surface area contributed by atoms with Crippen LogP contribution in [0.15, 0.2) is 41.7 Å². The Morgan fingerprint density at radius 3 is 2.68 bits per heavy atom. The molecule has 3 aromatic rings. The van der Waals surface area contributed by atoms with Gasteiger partial charge in [-0.3, -0.25) is 18.9 Å². The standard InChI is InChI=1S/C20H25N7O/c28-20-18-4-3-17(13-19(18)21-15-26(20)14-16-1-2-16)25-10-7-24(8-11-25)9-12-27-6-5-22-23-27/h3-6,13,15-16H,1-2,7-12,14H2. The second-order valence-electron chi connectivity index (χ2n) is 7.84. The molecule has 146 valence electrons. The van der Waals surface area contributed by atoms with Crippen molar-refractivity contribution in [1.82, 2.24) is 29.4 Å². The third kappa shape index (κ3) is 3.64. The molecule has 0 unspecified atom stereocenters. The number of hydrogen-bond acceptors (Lipinski definition) is 6. The lowest BCUT2D eigenvalue weighted by molar-refractivity contribution is 0.244. The summed E-state index contributed by atoms with van der Waals surface area (Å²) in [6.07, 6.45) is 7.79. The van der Waals surface area contributed by atoms with E-state index in [0.717, 1.165) is 62.4 Å². The lowest BCUT2D eigenvalue weighted by atomic mass is 10.2. The second-order valence-corrected chi connectivity index (χ2v) is 7.84. The van der Waals surface area contributed by atoms with Crippen LogP contribution in [0.3, 0.4) is 0 Å². The van der Waals surface area contributed by atoms with Gasteiger partial charge in [-0.15, -0.1) is 5.10 Å². The van der Waals surface area contributed by atoms with Crippen LogP contribution in [-0.2, 0) is 13.1 Å². The van der Waals surface area contributed by atoms with Crippen LogP contribution in [0, 0.1) is 5.92 Å². The topological polar surface area (TPSA) is 72.1 Å². The van der Waals surface area contributed by atoms with Gasteiger partial charge in [-0.2, -0.15) is 0 Å². The quantitative estimate of drug-likeness (QED) is 0.641. The van der Waals surface area contributed by atoms with Crippen molar-refractivity contribution in [2.75, 3.05) is 37.6 Å². The fraction of sp³-hybridized carbons (Fsp3) is 0.500. The van der Waals surface area contributed by atoms with Gasteiger partial charge in [0.25, 0.3) is 5.56 Å². The van der Waals surface area contributed by atoms with Gasteiger partial charge in [-0.25, -0.2) is 4.98 Å². The monoisotopic (exact) mass is 379 g/mol. The normalized spacial score (nSPS) is 18.1. The van der Waals surface area contributed by atoms with Crippen molar-refractivity contribution in [3.8, 4) is 0 Å². The molecule has 0 spiro atoms. The van der Waals surface area contributed by atoms with Gasteiger partial charge < -0.3 is 4.90 Å². The number of rotatable bonds is 6. The van der Waals surface area contributed by atoms with Crippen LogP contribution in [0.1, 0.15) is 12.8 Å². The highest BCUT2D eigenvalue weighted by atomic mass is 16.1. The number of benzene rings is 1. The lowest BCUT2D eigenvalue weighted by Gasteiger charge is -2.36. The van der Waals surface area contributed by atoms with Crippen LogP contribution in [0.4, 0.5) is 5.69 Å². The van der Waals surface area contributed by atoms with Gasteiger partial charge in [0.2, 0.25) is 0 Å². The molecule has 2 aromatic heterocycles. The molecular weight excluding hydrogens is 354 g/mol. The molecule has 0 bridgehead atoms. The number of piperazine rings is 1. The van der Waals surface area contributed by atoms with E-state index in [-0.39, 0.29) is 5.56 Å². The summed E-state index contributed by atoms with van der Waals surface area (Å²) in [7, 11) is 0. The van der Waals surface area contributed by atoms with E-state index in [1.165, 1.54) is 12.8 Å². The molecule has 8 heteroatoms. The Hall–Kier alpha value is -2.74. The predicted octanol–water partition coefficient (Wildman–Crippen LogP) is 1.22. The third-order valence-electron chi connectivity index (χ3n) is 5.82. The van der Waals surface area contributed by atoms with Crippen LogP contribution in [0.2, 0.25) is 0 Å². The zero-order valence-corrected chi connectivity index (χ0v) is 15.9. The number of hydrogen-bond donors (Lipinski definition) is 0. The smallest absolute Gasteiger partial charge is 0.261 e. The summed E-state index contributed by atoms with van der Waals surface area (Å²) in [4.78, 5) is 22.1. The largest absolute Gasteiger partial charge is 0.369 e. The minimum Gasteiger partial charge on any atom is -0.369 e. The first kappa shape index (κ1) is 17.4. The minimum atomic E-state index is 0.0846. The van der Waals surface area contributed by atoms with Crippen molar-refractivity contribution in [1.29, 1.82) is 0 Å². The van der Waals surface area contributed by atoms with Crippen molar-refractivity contribution in [2.24, 2.45) is 5.92 Å². The number of aromatic nitrogens is 5. The first-order valence-electron chi connectivity index (χ1n) is 10.1. The molecule has 5 rings (SSSR count). The molecule has 3 heterocycles. The maximum absolute atomic E-state index is 12.7. The molecule has 1 saturated heterocycles. The molecule has 28 heavy (non-hydrogen) atoms. The highest BCUT2D eigenvalue weighted by Gasteiger charge is 2.23. The maximum atomic E-state index is 12.7. The van der Waals surface area contributed by atoms with Gasteiger partial charge in [-0.05, 0) is 37.0 Å². The molecule has 2 fully saturated rings. The molecule has 1 aliphatic carbocycles. The summed E-state index contributed by atoms with van der Waals surface area (Å²) in [6.45, 7) is 6.64. The number of nitrogens with zero attached hydrogens (tertiary/aromatic N) is 7. The van der Waals surface area contributed by atoms with E-state index in [1.807, 2.05) is 16.9 Å². The molecule has 2 aliphatic rings. The van der Waals surface area contributed by atoms with E-state index in [4.69, 9.17) is 0 Å². The Bertz CT molecular complexity index is 1000. The molecule has 1 aromatic carbocycles. The SMILES string of the molecule is O=c1c2ccc(N3CCN(CCn4ccnn4)CC3)cc2ncn1CC1CC1. The first-order valence-corrected chi connectivity index (χ1v) is 10.1. The van der Waals surface area contributed by atoms with Crippen LogP contribution < -0.4 is 10.5 Å². The summed E-state index contributed by atoms with van der Waals surface area (Å²) in [5.41, 5.74) is 2.03. The van der Waals surface area contributed by atoms with Gasteiger partial charge in [-0.1, -0.05) is 5.21 Å². The van der Waals surface area contributed by atoms with Crippen LogP contribution in [0.25, 0.3) is 10.9 Å². The second kappa shape index (κ2) is 7.35. The third-order valence-corrected chi connectivity index (χ3v) is 5.82. The van der Waals surface area contributed by atoms with Gasteiger partial charge >= 0.3 is 0 Å². The van der Waals surface area contributed by atoms with Crippen molar-refractivity contribution in [2.45, 2.75) is 25.9 Å². The molecular formula is C20H25N7O. The fourth-order valence-corrected chi connectivity index (χ4v) is 3.88. The Kier molecular flexibility index (Phi) is 4.56. The maximum Gasteiger partial charge on any atom is 0.261 e. The van der Waals surface area contributed by atoms with E-state index in [0.29, 0.717) is 5.92 Å². The van der Waals surface area contributed by atoms with Crippen LogP contribution >= 0.6 is 0 Å². The Morgan fingerprint density at radius 2 is 1.93 bits per heavy atom. The van der Waals surface area contributed by atoms with Crippen molar-refractivity contribution < 1.29 is 0 Å². The molecule has 8 nitrogen and oxygen atoms in total. The van der Waals surface area contributed by atoms with Gasteiger partial charge in [0.15, 0.2) is 0 Å². The van der Waals surface area contributed by atoms with Crippen molar-refractivity contribution in [3.63, 3.8) is 0 Å². The minimum absolute atomic E-state index is 0.0846. The highest BCUT2D eigenvalue weighted by molar-refractivity contribution is 5.81. The Morgan fingerprint density at radius 1 is 1.07 bits per heavy atom. The van der Waals surface area contributed by atoms with E-state index in [9.17, 15) is 4.79 Å².